The van der Waals surface area contributed by atoms with E-state index in [0.29, 0.717) is 0 Å². The van der Waals surface area contributed by atoms with Crippen LogP contribution in [0.5, 0.6) is 0 Å². The van der Waals surface area contributed by atoms with Gasteiger partial charge in [0.25, 0.3) is 0 Å². The van der Waals surface area contributed by atoms with Crippen LogP contribution in [-0.2, 0) is 17.8 Å². The number of rotatable bonds is 4. The Morgan fingerprint density at radius 1 is 1.20 bits per heavy atom. The molecule has 0 aliphatic carbocycles. The number of anilines is 1. The van der Waals surface area contributed by atoms with Gasteiger partial charge < -0.3 is 9.64 Å². The molecular weight excluding hydrogens is 350 g/mol. The van der Waals surface area contributed by atoms with Crippen molar-refractivity contribution in [1.82, 2.24) is 9.97 Å². The molecule has 0 N–H and O–H groups in total. The van der Waals surface area contributed by atoms with Gasteiger partial charge in [0.1, 0.15) is 10.6 Å². The molecule has 0 spiro atoms. The Hall–Kier alpha value is -0.850. The van der Waals surface area contributed by atoms with E-state index >= 15 is 0 Å². The van der Waals surface area contributed by atoms with Gasteiger partial charge in [-0.25, -0.2) is 9.97 Å². The molecule has 2 aliphatic heterocycles. The standard InChI is InChI=1S/C19H27N3OS2/c1-4-19(3)11-13-14(12-23-19)25-17-15(13)16(20-18(21-17)24-5-2)22-9-7-6-8-10-22/h4-12H2,1-3H3. The Labute approximate surface area is 158 Å². The van der Waals surface area contributed by atoms with Crippen LogP contribution in [0.25, 0.3) is 10.2 Å². The van der Waals surface area contributed by atoms with Crippen molar-refractivity contribution in [1.29, 1.82) is 0 Å². The number of hydrogen-bond donors (Lipinski definition) is 0. The minimum atomic E-state index is -0.0585. The summed E-state index contributed by atoms with van der Waals surface area (Å²) in [5.74, 6) is 2.19. The fraction of sp³-hybridized carbons (Fsp3) is 0.684. The van der Waals surface area contributed by atoms with E-state index in [1.54, 1.807) is 11.8 Å². The molecule has 1 saturated heterocycles. The monoisotopic (exact) mass is 377 g/mol. The molecule has 1 fully saturated rings. The van der Waals surface area contributed by atoms with Crippen LogP contribution in [0.2, 0.25) is 0 Å². The second kappa shape index (κ2) is 7.05. The zero-order valence-corrected chi connectivity index (χ0v) is 17.1. The number of hydrogen-bond acceptors (Lipinski definition) is 6. The van der Waals surface area contributed by atoms with Crippen molar-refractivity contribution in [3.8, 4) is 0 Å². The first-order chi connectivity index (χ1) is 12.1. The molecule has 2 aromatic heterocycles. The van der Waals surface area contributed by atoms with E-state index in [4.69, 9.17) is 14.7 Å². The lowest BCUT2D eigenvalue weighted by Gasteiger charge is -2.34. The predicted octanol–water partition coefficient (Wildman–Crippen LogP) is 5.04. The van der Waals surface area contributed by atoms with Crippen LogP contribution in [-0.4, -0.2) is 34.4 Å². The van der Waals surface area contributed by atoms with Gasteiger partial charge in [0.2, 0.25) is 0 Å². The smallest absolute Gasteiger partial charge is 0.190 e. The highest BCUT2D eigenvalue weighted by Crippen LogP contribution is 2.43. The van der Waals surface area contributed by atoms with Crippen molar-refractivity contribution in [3.63, 3.8) is 0 Å². The van der Waals surface area contributed by atoms with E-state index in [1.165, 1.54) is 40.9 Å². The number of aromatic nitrogens is 2. The molecule has 4 rings (SSSR count). The Morgan fingerprint density at radius 3 is 2.72 bits per heavy atom. The molecule has 0 bridgehead atoms. The maximum atomic E-state index is 6.18. The van der Waals surface area contributed by atoms with Crippen LogP contribution in [0, 0.1) is 0 Å². The Balaban J connectivity index is 1.86. The van der Waals surface area contributed by atoms with Gasteiger partial charge in [-0.1, -0.05) is 25.6 Å². The molecule has 2 aromatic rings. The van der Waals surface area contributed by atoms with Gasteiger partial charge in [-0.3, -0.25) is 0 Å². The fourth-order valence-corrected chi connectivity index (χ4v) is 5.51. The third kappa shape index (κ3) is 3.28. The SMILES string of the molecule is CCSc1nc(N2CCCCC2)c2c3c(sc2n1)COC(C)(CC)C3. The van der Waals surface area contributed by atoms with E-state index in [-0.39, 0.29) is 5.60 Å². The molecular formula is C19H27N3OS2. The summed E-state index contributed by atoms with van der Waals surface area (Å²) in [6.07, 6.45) is 5.88. The Kier molecular flexibility index (Phi) is 4.95. The molecule has 25 heavy (non-hydrogen) atoms. The molecule has 2 aliphatic rings. The van der Waals surface area contributed by atoms with Gasteiger partial charge >= 0.3 is 0 Å². The lowest BCUT2D eigenvalue weighted by molar-refractivity contribution is -0.0543. The van der Waals surface area contributed by atoms with Crippen LogP contribution < -0.4 is 4.90 Å². The largest absolute Gasteiger partial charge is 0.369 e. The van der Waals surface area contributed by atoms with E-state index < -0.39 is 0 Å². The molecule has 4 heterocycles. The number of piperidine rings is 1. The van der Waals surface area contributed by atoms with Crippen molar-refractivity contribution < 1.29 is 4.74 Å². The summed E-state index contributed by atoms with van der Waals surface area (Å²) in [5.41, 5.74) is 1.39. The van der Waals surface area contributed by atoms with Crippen LogP contribution in [0.3, 0.4) is 0 Å². The molecule has 0 radical (unpaired) electrons. The number of ether oxygens (including phenoxy) is 1. The van der Waals surface area contributed by atoms with Crippen molar-refractivity contribution in [2.75, 3.05) is 23.7 Å². The molecule has 4 nitrogen and oxygen atoms in total. The number of thiophene rings is 1. The number of thioether (sulfide) groups is 1. The summed E-state index contributed by atoms with van der Waals surface area (Å²) in [6, 6.07) is 0. The number of fused-ring (bicyclic) bond motifs is 3. The average molecular weight is 378 g/mol. The first-order valence-corrected chi connectivity index (χ1v) is 11.3. The zero-order chi connectivity index (χ0) is 17.4. The molecule has 0 amide bonds. The van der Waals surface area contributed by atoms with Crippen LogP contribution in [0.15, 0.2) is 5.16 Å². The molecule has 0 aromatic carbocycles. The summed E-state index contributed by atoms with van der Waals surface area (Å²) >= 11 is 3.56. The van der Waals surface area contributed by atoms with E-state index in [2.05, 4.69) is 25.7 Å². The minimum absolute atomic E-state index is 0.0585. The normalized spacial score (nSPS) is 23.9. The highest BCUT2D eigenvalue weighted by molar-refractivity contribution is 7.99. The van der Waals surface area contributed by atoms with Crippen molar-refractivity contribution in [2.24, 2.45) is 0 Å². The fourth-order valence-electron chi connectivity index (χ4n) is 3.79. The Morgan fingerprint density at radius 2 is 2.00 bits per heavy atom. The van der Waals surface area contributed by atoms with Crippen LogP contribution >= 0.6 is 23.1 Å². The third-order valence-electron chi connectivity index (χ3n) is 5.47. The van der Waals surface area contributed by atoms with E-state index in [1.807, 2.05) is 11.3 Å². The second-order valence-corrected chi connectivity index (χ2v) is 9.58. The van der Waals surface area contributed by atoms with E-state index in [0.717, 1.165) is 48.3 Å². The molecule has 6 heteroatoms. The highest BCUT2D eigenvalue weighted by Gasteiger charge is 2.34. The first-order valence-electron chi connectivity index (χ1n) is 9.47. The van der Waals surface area contributed by atoms with Crippen molar-refractivity contribution >= 4 is 39.1 Å². The van der Waals surface area contributed by atoms with Gasteiger partial charge in [0.15, 0.2) is 5.16 Å². The maximum absolute atomic E-state index is 6.18. The second-order valence-electron chi connectivity index (χ2n) is 7.26. The molecule has 1 unspecified atom stereocenters. The lowest BCUT2D eigenvalue weighted by atomic mass is 9.90. The maximum Gasteiger partial charge on any atom is 0.190 e. The van der Waals surface area contributed by atoms with Crippen molar-refractivity contribution in [3.05, 3.63) is 10.4 Å². The minimum Gasteiger partial charge on any atom is -0.369 e. The van der Waals surface area contributed by atoms with Gasteiger partial charge in [-0.2, -0.15) is 0 Å². The van der Waals surface area contributed by atoms with Gasteiger partial charge in [-0.05, 0) is 43.9 Å². The summed E-state index contributed by atoms with van der Waals surface area (Å²) in [4.78, 5) is 14.9. The molecule has 136 valence electrons. The summed E-state index contributed by atoms with van der Waals surface area (Å²) in [5, 5.41) is 2.23. The summed E-state index contributed by atoms with van der Waals surface area (Å²) in [6.45, 7) is 9.58. The molecule has 1 atom stereocenters. The number of nitrogens with zero attached hydrogens (tertiary/aromatic N) is 3. The van der Waals surface area contributed by atoms with Gasteiger partial charge in [-0.15, -0.1) is 11.3 Å². The quantitative estimate of drug-likeness (QED) is 0.551. The van der Waals surface area contributed by atoms with Crippen LogP contribution in [0.1, 0.15) is 56.9 Å². The summed E-state index contributed by atoms with van der Waals surface area (Å²) < 4.78 is 6.18. The average Bonchev–Trinajstić information content (AvgIpc) is 2.99. The third-order valence-corrected chi connectivity index (χ3v) is 7.30. The molecule has 0 saturated carbocycles. The van der Waals surface area contributed by atoms with E-state index in [9.17, 15) is 0 Å². The van der Waals surface area contributed by atoms with Crippen LogP contribution in [0.4, 0.5) is 5.82 Å². The zero-order valence-electron chi connectivity index (χ0n) is 15.4. The van der Waals surface area contributed by atoms with Crippen molar-refractivity contribution in [2.45, 2.75) is 70.2 Å². The summed E-state index contributed by atoms with van der Waals surface area (Å²) in [7, 11) is 0. The highest BCUT2D eigenvalue weighted by atomic mass is 32.2. The topological polar surface area (TPSA) is 38.2 Å². The van der Waals surface area contributed by atoms with Gasteiger partial charge in [0.05, 0.1) is 17.6 Å². The Bertz CT molecular complexity index is 770. The van der Waals surface area contributed by atoms with Gasteiger partial charge in [0, 0.05) is 24.4 Å². The predicted molar refractivity (Wildman–Crippen MR) is 107 cm³/mol. The first kappa shape index (κ1) is 17.6. The lowest BCUT2D eigenvalue weighted by Crippen LogP contribution is -2.34.